The molecule has 0 spiro atoms. The van der Waals surface area contributed by atoms with Crippen LogP contribution in [0.15, 0.2) is 36.8 Å². The van der Waals surface area contributed by atoms with E-state index < -0.39 is 0 Å². The lowest BCUT2D eigenvalue weighted by Gasteiger charge is -2.00. The monoisotopic (exact) mass is 185 g/mol. The third-order valence-electron chi connectivity index (χ3n) is 1.98. The summed E-state index contributed by atoms with van der Waals surface area (Å²) in [4.78, 5) is 12.6. The largest absolute Gasteiger partial charge is 0.264 e. The van der Waals surface area contributed by atoms with Crippen molar-refractivity contribution in [2.24, 2.45) is 0 Å². The second-order valence-corrected chi connectivity index (χ2v) is 2.95. The normalized spacial score (nSPS) is 10.1. The van der Waals surface area contributed by atoms with Gasteiger partial charge in [0.1, 0.15) is 5.82 Å². The number of pyridine rings is 1. The number of hydrogen-bond acceptors (Lipinski definition) is 3. The molecule has 0 atom stereocenters. The Bertz CT molecular complexity index is 412. The molecular formula is C11H11N3. The molecule has 0 aromatic carbocycles. The minimum atomic E-state index is 0.855. The molecule has 0 aliphatic carbocycles. The van der Waals surface area contributed by atoms with Crippen LogP contribution in [0.3, 0.4) is 0 Å². The molecule has 2 aromatic heterocycles. The summed E-state index contributed by atoms with van der Waals surface area (Å²) in [7, 11) is 0. The molecule has 2 rings (SSSR count). The van der Waals surface area contributed by atoms with Gasteiger partial charge in [0.15, 0.2) is 0 Å². The molecule has 0 saturated carbocycles. The third kappa shape index (κ3) is 1.76. The molecular weight excluding hydrogens is 174 g/mol. The van der Waals surface area contributed by atoms with Crippen LogP contribution in [0.4, 0.5) is 0 Å². The Kier molecular flexibility index (Phi) is 2.49. The summed E-state index contributed by atoms with van der Waals surface area (Å²) in [6.45, 7) is 2.04. The zero-order valence-electron chi connectivity index (χ0n) is 8.01. The maximum atomic E-state index is 4.41. The Morgan fingerprint density at radius 3 is 2.86 bits per heavy atom. The Balaban J connectivity index is 2.42. The second-order valence-electron chi connectivity index (χ2n) is 2.95. The number of rotatable bonds is 2. The Morgan fingerprint density at radius 2 is 2.14 bits per heavy atom. The molecule has 14 heavy (non-hydrogen) atoms. The molecule has 0 radical (unpaired) electrons. The first-order valence-electron chi connectivity index (χ1n) is 4.62. The maximum absolute atomic E-state index is 4.41. The highest BCUT2D eigenvalue weighted by molar-refractivity contribution is 5.56. The first kappa shape index (κ1) is 8.81. The van der Waals surface area contributed by atoms with E-state index in [0.717, 1.165) is 23.5 Å². The van der Waals surface area contributed by atoms with Gasteiger partial charge in [-0.15, -0.1) is 0 Å². The lowest BCUT2D eigenvalue weighted by molar-refractivity contribution is 0.942. The van der Waals surface area contributed by atoms with Crippen LogP contribution < -0.4 is 0 Å². The maximum Gasteiger partial charge on any atom is 0.128 e. The Labute approximate surface area is 82.9 Å². The van der Waals surface area contributed by atoms with E-state index in [1.807, 2.05) is 31.3 Å². The van der Waals surface area contributed by atoms with E-state index in [-0.39, 0.29) is 0 Å². The van der Waals surface area contributed by atoms with E-state index >= 15 is 0 Å². The fourth-order valence-electron chi connectivity index (χ4n) is 1.24. The average Bonchev–Trinajstić information content (AvgIpc) is 2.30. The van der Waals surface area contributed by atoms with Crippen LogP contribution in [0, 0.1) is 0 Å². The molecule has 3 nitrogen and oxygen atoms in total. The molecule has 0 aliphatic rings. The fraction of sp³-hybridized carbons (Fsp3) is 0.182. The summed E-state index contributed by atoms with van der Waals surface area (Å²) >= 11 is 0. The standard InChI is InChI=1S/C11H11N3/c1-2-11-13-7-5-10(14-11)9-4-3-6-12-8-9/h3-8H,2H2,1H3. The van der Waals surface area contributed by atoms with Gasteiger partial charge >= 0.3 is 0 Å². The van der Waals surface area contributed by atoms with Gasteiger partial charge < -0.3 is 0 Å². The number of aryl methyl sites for hydroxylation is 1. The first-order valence-corrected chi connectivity index (χ1v) is 4.62. The Morgan fingerprint density at radius 1 is 1.21 bits per heavy atom. The van der Waals surface area contributed by atoms with E-state index in [1.165, 1.54) is 0 Å². The number of hydrogen-bond donors (Lipinski definition) is 0. The van der Waals surface area contributed by atoms with E-state index in [2.05, 4.69) is 15.0 Å². The average molecular weight is 185 g/mol. The molecule has 3 heteroatoms. The van der Waals surface area contributed by atoms with Crippen molar-refractivity contribution in [3.05, 3.63) is 42.6 Å². The molecule has 0 amide bonds. The van der Waals surface area contributed by atoms with Crippen LogP contribution in [-0.4, -0.2) is 15.0 Å². The van der Waals surface area contributed by atoms with Gasteiger partial charge in [-0.1, -0.05) is 6.92 Å². The van der Waals surface area contributed by atoms with Crippen molar-refractivity contribution < 1.29 is 0 Å². The van der Waals surface area contributed by atoms with E-state index in [1.54, 1.807) is 12.4 Å². The Hall–Kier alpha value is -1.77. The van der Waals surface area contributed by atoms with Gasteiger partial charge in [-0.05, 0) is 18.2 Å². The summed E-state index contributed by atoms with van der Waals surface area (Å²) < 4.78 is 0. The van der Waals surface area contributed by atoms with Crippen LogP contribution in [0.5, 0.6) is 0 Å². The van der Waals surface area contributed by atoms with Gasteiger partial charge in [-0.3, -0.25) is 4.98 Å². The minimum absolute atomic E-state index is 0.855. The van der Waals surface area contributed by atoms with Gasteiger partial charge in [0.25, 0.3) is 0 Å². The molecule has 0 fully saturated rings. The van der Waals surface area contributed by atoms with Crippen LogP contribution in [-0.2, 0) is 6.42 Å². The molecule has 2 heterocycles. The molecule has 0 aliphatic heterocycles. The second kappa shape index (κ2) is 3.96. The fourth-order valence-corrected chi connectivity index (χ4v) is 1.24. The van der Waals surface area contributed by atoms with E-state index in [4.69, 9.17) is 0 Å². The lowest BCUT2D eigenvalue weighted by atomic mass is 10.2. The zero-order valence-corrected chi connectivity index (χ0v) is 8.01. The van der Waals surface area contributed by atoms with Crippen molar-refractivity contribution in [3.8, 4) is 11.3 Å². The van der Waals surface area contributed by atoms with E-state index in [0.29, 0.717) is 0 Å². The predicted octanol–water partition coefficient (Wildman–Crippen LogP) is 2.10. The lowest BCUT2D eigenvalue weighted by Crippen LogP contribution is -1.93. The highest BCUT2D eigenvalue weighted by atomic mass is 14.9. The summed E-state index contributed by atoms with van der Waals surface area (Å²) in [6, 6.07) is 5.80. The zero-order chi connectivity index (χ0) is 9.80. The van der Waals surface area contributed by atoms with Crippen LogP contribution >= 0.6 is 0 Å². The predicted molar refractivity (Wildman–Crippen MR) is 54.6 cm³/mol. The van der Waals surface area contributed by atoms with Crippen LogP contribution in [0.2, 0.25) is 0 Å². The molecule has 0 N–H and O–H groups in total. The smallest absolute Gasteiger partial charge is 0.128 e. The quantitative estimate of drug-likeness (QED) is 0.719. The topological polar surface area (TPSA) is 38.7 Å². The third-order valence-corrected chi connectivity index (χ3v) is 1.98. The van der Waals surface area contributed by atoms with Gasteiger partial charge in [0, 0.05) is 30.6 Å². The highest BCUT2D eigenvalue weighted by Crippen LogP contribution is 2.14. The summed E-state index contributed by atoms with van der Waals surface area (Å²) in [5.41, 5.74) is 1.97. The van der Waals surface area contributed by atoms with Crippen LogP contribution in [0.25, 0.3) is 11.3 Å². The highest BCUT2D eigenvalue weighted by Gasteiger charge is 1.99. The summed E-state index contributed by atoms with van der Waals surface area (Å²) in [6.07, 6.45) is 6.20. The SMILES string of the molecule is CCc1nccc(-c2cccnc2)n1. The summed E-state index contributed by atoms with van der Waals surface area (Å²) in [5, 5.41) is 0. The molecule has 2 aromatic rings. The molecule has 70 valence electrons. The van der Waals surface area contributed by atoms with Crippen molar-refractivity contribution in [1.29, 1.82) is 0 Å². The van der Waals surface area contributed by atoms with Crippen molar-refractivity contribution in [3.63, 3.8) is 0 Å². The molecule has 0 saturated heterocycles. The van der Waals surface area contributed by atoms with Crippen molar-refractivity contribution >= 4 is 0 Å². The molecule has 0 bridgehead atoms. The number of nitrogens with zero attached hydrogens (tertiary/aromatic N) is 3. The van der Waals surface area contributed by atoms with Gasteiger partial charge in [-0.2, -0.15) is 0 Å². The van der Waals surface area contributed by atoms with Crippen molar-refractivity contribution in [1.82, 2.24) is 15.0 Å². The van der Waals surface area contributed by atoms with E-state index in [9.17, 15) is 0 Å². The molecule has 0 unspecified atom stereocenters. The van der Waals surface area contributed by atoms with Gasteiger partial charge in [-0.25, -0.2) is 9.97 Å². The van der Waals surface area contributed by atoms with Crippen LogP contribution in [0.1, 0.15) is 12.7 Å². The van der Waals surface area contributed by atoms with Gasteiger partial charge in [0.05, 0.1) is 5.69 Å². The van der Waals surface area contributed by atoms with Gasteiger partial charge in [0.2, 0.25) is 0 Å². The number of aromatic nitrogens is 3. The van der Waals surface area contributed by atoms with Crippen molar-refractivity contribution in [2.45, 2.75) is 13.3 Å². The summed E-state index contributed by atoms with van der Waals surface area (Å²) in [5.74, 6) is 0.867. The van der Waals surface area contributed by atoms with Crippen molar-refractivity contribution in [2.75, 3.05) is 0 Å². The minimum Gasteiger partial charge on any atom is -0.264 e. The first-order chi connectivity index (χ1) is 6.90.